The van der Waals surface area contributed by atoms with Crippen molar-refractivity contribution >= 4 is 5.78 Å². The van der Waals surface area contributed by atoms with E-state index in [1.54, 1.807) is 32.4 Å². The van der Waals surface area contributed by atoms with Gasteiger partial charge >= 0.3 is 0 Å². The molecule has 1 N–H and O–H groups in total. The molecule has 0 saturated carbocycles. The Hall–Kier alpha value is -3.09. The van der Waals surface area contributed by atoms with Crippen molar-refractivity contribution in [1.29, 1.82) is 0 Å². The molecule has 0 aliphatic carbocycles. The van der Waals surface area contributed by atoms with Crippen molar-refractivity contribution in [2.45, 2.75) is 12.5 Å². The highest BCUT2D eigenvalue weighted by molar-refractivity contribution is 6.03. The summed E-state index contributed by atoms with van der Waals surface area (Å²) < 4.78 is 26.9. The van der Waals surface area contributed by atoms with Gasteiger partial charge in [-0.05, 0) is 17.7 Å². The van der Waals surface area contributed by atoms with Crippen LogP contribution in [-0.2, 0) is 0 Å². The molecule has 7 nitrogen and oxygen atoms in total. The van der Waals surface area contributed by atoms with E-state index in [4.69, 9.17) is 23.7 Å². The SMILES string of the molecule is COc1ccc([C@@H]2CC(=O)c3c(cc(OC)c(OC)c3O)O2)cc1OC. The topological polar surface area (TPSA) is 83.5 Å². The smallest absolute Gasteiger partial charge is 0.204 e. The van der Waals surface area contributed by atoms with Gasteiger partial charge in [0.05, 0.1) is 34.9 Å². The number of ketones is 1. The zero-order valence-corrected chi connectivity index (χ0v) is 15.0. The van der Waals surface area contributed by atoms with Crippen molar-refractivity contribution < 1.29 is 33.6 Å². The van der Waals surface area contributed by atoms with Gasteiger partial charge in [-0.1, -0.05) is 6.07 Å². The molecule has 0 aromatic heterocycles. The zero-order chi connectivity index (χ0) is 18.8. The number of methoxy groups -OCH3 is 4. The maximum atomic E-state index is 12.6. The number of fused-ring (bicyclic) bond motifs is 1. The van der Waals surface area contributed by atoms with Crippen molar-refractivity contribution in [2.75, 3.05) is 28.4 Å². The third-order valence-electron chi connectivity index (χ3n) is 4.31. The predicted molar refractivity (Wildman–Crippen MR) is 93.1 cm³/mol. The number of ether oxygens (including phenoxy) is 5. The molecule has 1 atom stereocenters. The summed E-state index contributed by atoms with van der Waals surface area (Å²) in [4.78, 5) is 12.6. The summed E-state index contributed by atoms with van der Waals surface area (Å²) in [5.74, 6) is 1.24. The van der Waals surface area contributed by atoms with E-state index in [0.717, 1.165) is 5.56 Å². The van der Waals surface area contributed by atoms with Gasteiger partial charge in [0.15, 0.2) is 28.8 Å². The zero-order valence-electron chi connectivity index (χ0n) is 15.0. The summed E-state index contributed by atoms with van der Waals surface area (Å²) in [5, 5.41) is 10.4. The second-order valence-corrected chi connectivity index (χ2v) is 5.68. The van der Waals surface area contributed by atoms with E-state index in [-0.39, 0.29) is 40.8 Å². The highest BCUT2D eigenvalue weighted by atomic mass is 16.5. The van der Waals surface area contributed by atoms with Crippen molar-refractivity contribution in [3.63, 3.8) is 0 Å². The Balaban J connectivity index is 2.02. The average molecular weight is 360 g/mol. The number of rotatable bonds is 5. The molecule has 1 aliphatic rings. The number of phenols is 1. The number of aromatic hydroxyl groups is 1. The van der Waals surface area contributed by atoms with Gasteiger partial charge in [-0.25, -0.2) is 0 Å². The van der Waals surface area contributed by atoms with Crippen LogP contribution in [0.1, 0.15) is 28.4 Å². The standard InChI is InChI=1S/C19H20O7/c1-22-12-6-5-10(7-14(12)23-2)13-8-11(20)17-15(26-13)9-16(24-3)19(25-4)18(17)21/h5-7,9,13,21H,8H2,1-4H3/t13-/m0/s1. The molecule has 0 bridgehead atoms. The molecule has 0 spiro atoms. The first-order valence-corrected chi connectivity index (χ1v) is 7.93. The Morgan fingerprint density at radius 2 is 1.65 bits per heavy atom. The summed E-state index contributed by atoms with van der Waals surface area (Å²) >= 11 is 0. The van der Waals surface area contributed by atoms with Gasteiger partial charge in [-0.2, -0.15) is 0 Å². The molecule has 0 unspecified atom stereocenters. The molecule has 0 saturated heterocycles. The monoisotopic (exact) mass is 360 g/mol. The lowest BCUT2D eigenvalue weighted by molar-refractivity contribution is 0.0842. The van der Waals surface area contributed by atoms with Crippen LogP contribution in [0, 0.1) is 0 Å². The van der Waals surface area contributed by atoms with Crippen LogP contribution in [0.3, 0.4) is 0 Å². The van der Waals surface area contributed by atoms with Gasteiger partial charge < -0.3 is 28.8 Å². The van der Waals surface area contributed by atoms with Crippen LogP contribution in [-0.4, -0.2) is 39.3 Å². The Kier molecular flexibility index (Phi) is 4.79. The first-order chi connectivity index (χ1) is 12.5. The van der Waals surface area contributed by atoms with Crippen molar-refractivity contribution in [2.24, 2.45) is 0 Å². The second kappa shape index (κ2) is 7.03. The number of phenolic OH excluding ortho intramolecular Hbond substituents is 1. The minimum atomic E-state index is -0.521. The molecular weight excluding hydrogens is 340 g/mol. The molecule has 0 radical (unpaired) electrons. The lowest BCUT2D eigenvalue weighted by Gasteiger charge is -2.27. The number of Topliss-reactive ketones (excluding diaryl/α,β-unsaturated/α-hetero) is 1. The van der Waals surface area contributed by atoms with E-state index in [1.807, 2.05) is 6.07 Å². The fourth-order valence-corrected chi connectivity index (χ4v) is 3.02. The van der Waals surface area contributed by atoms with Crippen molar-refractivity contribution in [3.05, 3.63) is 35.4 Å². The van der Waals surface area contributed by atoms with E-state index in [1.165, 1.54) is 14.2 Å². The van der Waals surface area contributed by atoms with Gasteiger partial charge in [-0.15, -0.1) is 0 Å². The maximum absolute atomic E-state index is 12.6. The molecule has 7 heteroatoms. The van der Waals surface area contributed by atoms with E-state index >= 15 is 0 Å². The first kappa shape index (κ1) is 17.7. The third kappa shape index (κ3) is 2.85. The lowest BCUT2D eigenvalue weighted by Crippen LogP contribution is -2.21. The third-order valence-corrected chi connectivity index (χ3v) is 4.31. The molecule has 138 valence electrons. The molecule has 26 heavy (non-hydrogen) atoms. The van der Waals surface area contributed by atoms with Crippen LogP contribution in [0.25, 0.3) is 0 Å². The van der Waals surface area contributed by atoms with Crippen LogP contribution >= 0.6 is 0 Å². The predicted octanol–water partition coefficient (Wildman–Crippen LogP) is 3.13. The molecule has 2 aromatic rings. The normalized spacial score (nSPS) is 15.7. The summed E-state index contributed by atoms with van der Waals surface area (Å²) in [5.41, 5.74) is 0.857. The molecule has 3 rings (SSSR count). The Morgan fingerprint density at radius 3 is 2.27 bits per heavy atom. The molecule has 1 aliphatic heterocycles. The first-order valence-electron chi connectivity index (χ1n) is 7.93. The largest absolute Gasteiger partial charge is 0.504 e. The second-order valence-electron chi connectivity index (χ2n) is 5.68. The molecule has 0 fully saturated rings. The quantitative estimate of drug-likeness (QED) is 0.877. The van der Waals surface area contributed by atoms with E-state index in [0.29, 0.717) is 11.5 Å². The van der Waals surface area contributed by atoms with Gasteiger partial charge in [0, 0.05) is 6.07 Å². The number of hydrogen-bond acceptors (Lipinski definition) is 7. The van der Waals surface area contributed by atoms with Crippen LogP contribution in [0.5, 0.6) is 34.5 Å². The fourth-order valence-electron chi connectivity index (χ4n) is 3.02. The number of hydrogen-bond donors (Lipinski definition) is 1. The Labute approximate surface area is 151 Å². The summed E-state index contributed by atoms with van der Waals surface area (Å²) in [6, 6.07) is 6.87. The van der Waals surface area contributed by atoms with Gasteiger partial charge in [0.1, 0.15) is 17.4 Å². The number of benzene rings is 2. The lowest BCUT2D eigenvalue weighted by atomic mass is 9.95. The van der Waals surface area contributed by atoms with Gasteiger partial charge in [0.2, 0.25) is 5.75 Å². The number of carbonyl (C=O) groups excluding carboxylic acids is 1. The molecule has 1 heterocycles. The van der Waals surface area contributed by atoms with E-state index in [2.05, 4.69) is 0 Å². The molecule has 2 aromatic carbocycles. The van der Waals surface area contributed by atoms with Crippen LogP contribution in [0.4, 0.5) is 0 Å². The molecule has 0 amide bonds. The average Bonchev–Trinajstić information content (AvgIpc) is 2.66. The highest BCUT2D eigenvalue weighted by Gasteiger charge is 2.33. The summed E-state index contributed by atoms with van der Waals surface area (Å²) in [6.45, 7) is 0. The minimum Gasteiger partial charge on any atom is -0.504 e. The highest BCUT2D eigenvalue weighted by Crippen LogP contribution is 2.49. The van der Waals surface area contributed by atoms with Crippen LogP contribution in [0.2, 0.25) is 0 Å². The maximum Gasteiger partial charge on any atom is 0.204 e. The van der Waals surface area contributed by atoms with Crippen LogP contribution < -0.4 is 23.7 Å². The molecular formula is C19H20O7. The van der Waals surface area contributed by atoms with Gasteiger partial charge in [-0.3, -0.25) is 4.79 Å². The van der Waals surface area contributed by atoms with Gasteiger partial charge in [0.25, 0.3) is 0 Å². The summed E-state index contributed by atoms with van der Waals surface area (Å²) in [6.07, 6.45) is -0.446. The fraction of sp³-hybridized carbons (Fsp3) is 0.316. The van der Waals surface area contributed by atoms with E-state index < -0.39 is 6.10 Å². The summed E-state index contributed by atoms with van der Waals surface area (Å²) in [7, 11) is 5.93. The Morgan fingerprint density at radius 1 is 0.962 bits per heavy atom. The minimum absolute atomic E-state index is 0.0749. The number of carbonyl (C=O) groups is 1. The van der Waals surface area contributed by atoms with E-state index in [9.17, 15) is 9.90 Å². The van der Waals surface area contributed by atoms with Crippen molar-refractivity contribution in [1.82, 2.24) is 0 Å². The van der Waals surface area contributed by atoms with Crippen LogP contribution in [0.15, 0.2) is 24.3 Å². The van der Waals surface area contributed by atoms with Crippen molar-refractivity contribution in [3.8, 4) is 34.5 Å². The Bertz CT molecular complexity index is 844.